The normalized spacial score (nSPS) is 13.7. The standard InChI is InChI=1S/C6H14ClN.ClH/c1-5(2)6(7)8(3)4;/h5-6H,1-4H3;1H. The van der Waals surface area contributed by atoms with Gasteiger partial charge in [-0.05, 0) is 20.0 Å². The van der Waals surface area contributed by atoms with Gasteiger partial charge in [0, 0.05) is 0 Å². The number of alkyl halides is 1. The predicted octanol–water partition coefficient (Wildman–Crippen LogP) is 2.19. The molecule has 3 heteroatoms. The molecule has 0 aliphatic carbocycles. The van der Waals surface area contributed by atoms with E-state index in [0.29, 0.717) is 5.92 Å². The van der Waals surface area contributed by atoms with E-state index in [-0.39, 0.29) is 17.9 Å². The van der Waals surface area contributed by atoms with Crippen LogP contribution < -0.4 is 0 Å². The third kappa shape index (κ3) is 5.01. The average molecular weight is 172 g/mol. The number of hydrogen-bond acceptors (Lipinski definition) is 1. The van der Waals surface area contributed by atoms with Gasteiger partial charge in [0.2, 0.25) is 0 Å². The summed E-state index contributed by atoms with van der Waals surface area (Å²) in [5.74, 6) is 0.534. The molecule has 0 radical (unpaired) electrons. The summed E-state index contributed by atoms with van der Waals surface area (Å²) < 4.78 is 0. The van der Waals surface area contributed by atoms with E-state index in [1.807, 2.05) is 19.0 Å². The van der Waals surface area contributed by atoms with Crippen LogP contribution in [0, 0.1) is 5.92 Å². The fourth-order valence-corrected chi connectivity index (χ4v) is 0.596. The summed E-state index contributed by atoms with van der Waals surface area (Å²) in [6.45, 7) is 4.22. The zero-order valence-electron chi connectivity index (χ0n) is 6.39. The second-order valence-electron chi connectivity index (χ2n) is 2.58. The fourth-order valence-electron chi connectivity index (χ4n) is 0.596. The molecule has 58 valence electrons. The van der Waals surface area contributed by atoms with E-state index in [1.54, 1.807) is 0 Å². The summed E-state index contributed by atoms with van der Waals surface area (Å²) in [6.07, 6.45) is 0. The second kappa shape index (κ2) is 5.33. The van der Waals surface area contributed by atoms with Gasteiger partial charge in [0.25, 0.3) is 0 Å². The van der Waals surface area contributed by atoms with Gasteiger partial charge in [0.1, 0.15) is 0 Å². The molecule has 0 N–H and O–H groups in total. The zero-order chi connectivity index (χ0) is 6.73. The summed E-state index contributed by atoms with van der Waals surface area (Å²) in [5.41, 5.74) is 0.176. The van der Waals surface area contributed by atoms with Gasteiger partial charge in [0.05, 0.1) is 5.50 Å². The molecule has 0 saturated heterocycles. The van der Waals surface area contributed by atoms with Crippen molar-refractivity contribution in [3.05, 3.63) is 0 Å². The van der Waals surface area contributed by atoms with E-state index >= 15 is 0 Å². The summed E-state index contributed by atoms with van der Waals surface area (Å²) in [5, 5.41) is 0. The molecule has 1 unspecified atom stereocenters. The number of rotatable bonds is 2. The molecule has 0 aromatic rings. The van der Waals surface area contributed by atoms with Crippen molar-refractivity contribution in [1.29, 1.82) is 0 Å². The first-order valence-corrected chi connectivity index (χ1v) is 3.30. The molecular formula is C6H15Cl2N. The molecule has 0 aromatic carbocycles. The Morgan fingerprint density at radius 3 is 1.56 bits per heavy atom. The van der Waals surface area contributed by atoms with Gasteiger partial charge < -0.3 is 0 Å². The van der Waals surface area contributed by atoms with Gasteiger partial charge in [-0.2, -0.15) is 0 Å². The van der Waals surface area contributed by atoms with E-state index in [2.05, 4.69) is 13.8 Å². The predicted molar refractivity (Wildman–Crippen MR) is 45.4 cm³/mol. The topological polar surface area (TPSA) is 3.24 Å². The van der Waals surface area contributed by atoms with Crippen molar-refractivity contribution in [3.63, 3.8) is 0 Å². The van der Waals surface area contributed by atoms with E-state index in [9.17, 15) is 0 Å². The third-order valence-corrected chi connectivity index (χ3v) is 1.94. The quantitative estimate of drug-likeness (QED) is 0.455. The fraction of sp³-hybridized carbons (Fsp3) is 1.00. The van der Waals surface area contributed by atoms with E-state index in [0.717, 1.165) is 0 Å². The lowest BCUT2D eigenvalue weighted by Crippen LogP contribution is -2.26. The van der Waals surface area contributed by atoms with E-state index < -0.39 is 0 Å². The van der Waals surface area contributed by atoms with Crippen LogP contribution in [0.15, 0.2) is 0 Å². The van der Waals surface area contributed by atoms with Crippen LogP contribution in [0.4, 0.5) is 0 Å². The minimum atomic E-state index is 0. The Balaban J connectivity index is 0. The molecule has 1 nitrogen and oxygen atoms in total. The maximum atomic E-state index is 5.88. The smallest absolute Gasteiger partial charge is 0.0868 e. The third-order valence-electron chi connectivity index (χ3n) is 1.04. The highest BCUT2D eigenvalue weighted by atomic mass is 35.5. The van der Waals surface area contributed by atoms with Gasteiger partial charge in [-0.15, -0.1) is 24.0 Å². The lowest BCUT2D eigenvalue weighted by atomic mass is 10.2. The van der Waals surface area contributed by atoms with Crippen molar-refractivity contribution in [2.75, 3.05) is 14.1 Å². The largest absolute Gasteiger partial charge is 0.293 e. The molecule has 0 aromatic heterocycles. The van der Waals surface area contributed by atoms with Crippen LogP contribution in [0.1, 0.15) is 13.8 Å². The average Bonchev–Trinajstić information content (AvgIpc) is 1.64. The Morgan fingerprint density at radius 1 is 1.22 bits per heavy atom. The second-order valence-corrected chi connectivity index (χ2v) is 3.03. The molecule has 0 aliphatic rings. The summed E-state index contributed by atoms with van der Waals surface area (Å²) in [7, 11) is 3.97. The van der Waals surface area contributed by atoms with Crippen LogP contribution in [-0.2, 0) is 0 Å². The van der Waals surface area contributed by atoms with Gasteiger partial charge in [-0.1, -0.05) is 13.8 Å². The van der Waals surface area contributed by atoms with E-state index in [4.69, 9.17) is 11.6 Å². The number of nitrogens with zero attached hydrogens (tertiary/aromatic N) is 1. The van der Waals surface area contributed by atoms with Gasteiger partial charge in [0.15, 0.2) is 0 Å². The minimum Gasteiger partial charge on any atom is -0.293 e. The molecule has 9 heavy (non-hydrogen) atoms. The highest BCUT2D eigenvalue weighted by molar-refractivity contribution is 6.20. The van der Waals surface area contributed by atoms with Crippen LogP contribution in [0.2, 0.25) is 0 Å². The first-order valence-electron chi connectivity index (χ1n) is 2.86. The monoisotopic (exact) mass is 171 g/mol. The van der Waals surface area contributed by atoms with Crippen molar-refractivity contribution in [2.45, 2.75) is 19.3 Å². The van der Waals surface area contributed by atoms with Crippen LogP contribution in [-0.4, -0.2) is 24.5 Å². The lowest BCUT2D eigenvalue weighted by molar-refractivity contribution is 0.313. The molecule has 1 atom stereocenters. The Morgan fingerprint density at radius 2 is 1.56 bits per heavy atom. The Kier molecular flexibility index (Phi) is 7.25. The van der Waals surface area contributed by atoms with E-state index in [1.165, 1.54) is 0 Å². The molecule has 0 saturated carbocycles. The summed E-state index contributed by atoms with van der Waals surface area (Å²) >= 11 is 5.88. The maximum absolute atomic E-state index is 5.88. The molecule has 0 fully saturated rings. The highest BCUT2D eigenvalue weighted by Gasteiger charge is 2.09. The summed E-state index contributed by atoms with van der Waals surface area (Å²) in [4.78, 5) is 2.01. The van der Waals surface area contributed by atoms with Gasteiger partial charge >= 0.3 is 0 Å². The van der Waals surface area contributed by atoms with Crippen molar-refractivity contribution >= 4 is 24.0 Å². The Labute approximate surface area is 68.8 Å². The zero-order valence-corrected chi connectivity index (χ0v) is 7.96. The molecule has 0 amide bonds. The van der Waals surface area contributed by atoms with Crippen LogP contribution in [0.25, 0.3) is 0 Å². The van der Waals surface area contributed by atoms with Gasteiger partial charge in [-0.25, -0.2) is 0 Å². The molecule has 0 spiro atoms. The molecule has 0 bridgehead atoms. The summed E-state index contributed by atoms with van der Waals surface area (Å²) in [6, 6.07) is 0. The Hall–Kier alpha value is 0.540. The van der Waals surface area contributed by atoms with Crippen LogP contribution >= 0.6 is 24.0 Å². The molecule has 0 rings (SSSR count). The Bertz CT molecular complexity index is 56.1. The van der Waals surface area contributed by atoms with Crippen LogP contribution in [0.5, 0.6) is 0 Å². The van der Waals surface area contributed by atoms with Crippen molar-refractivity contribution in [3.8, 4) is 0 Å². The first kappa shape index (κ1) is 12.2. The van der Waals surface area contributed by atoms with Crippen LogP contribution in [0.3, 0.4) is 0 Å². The number of halogens is 2. The number of hydrogen-bond donors (Lipinski definition) is 0. The first-order chi connectivity index (χ1) is 3.55. The van der Waals surface area contributed by atoms with Gasteiger partial charge in [-0.3, -0.25) is 4.90 Å². The highest BCUT2D eigenvalue weighted by Crippen LogP contribution is 2.10. The van der Waals surface area contributed by atoms with Crippen molar-refractivity contribution < 1.29 is 0 Å². The molecule has 0 heterocycles. The lowest BCUT2D eigenvalue weighted by Gasteiger charge is -2.20. The van der Waals surface area contributed by atoms with Crippen molar-refractivity contribution in [2.24, 2.45) is 5.92 Å². The van der Waals surface area contributed by atoms with Crippen molar-refractivity contribution in [1.82, 2.24) is 4.90 Å². The minimum absolute atomic E-state index is 0. The molecule has 0 aliphatic heterocycles. The maximum Gasteiger partial charge on any atom is 0.0868 e. The molecular weight excluding hydrogens is 157 g/mol. The SMILES string of the molecule is CC(C)C(Cl)N(C)C.Cl.